The zero-order chi connectivity index (χ0) is 17.1. The Morgan fingerprint density at radius 2 is 1.88 bits per heavy atom. The molecule has 2 aromatic carbocycles. The number of aromatic nitrogens is 1. The Labute approximate surface area is 139 Å². The second kappa shape index (κ2) is 6.58. The fourth-order valence-electron chi connectivity index (χ4n) is 2.59. The maximum absolute atomic E-state index is 12.3. The first kappa shape index (κ1) is 15.8. The number of benzene rings is 2. The van der Waals surface area contributed by atoms with Crippen LogP contribution in [-0.4, -0.2) is 30.0 Å². The third kappa shape index (κ3) is 3.01. The van der Waals surface area contributed by atoms with E-state index in [1.165, 1.54) is 7.11 Å². The highest BCUT2D eigenvalue weighted by molar-refractivity contribution is 6.05. The van der Waals surface area contributed by atoms with Crippen molar-refractivity contribution in [2.45, 2.75) is 0 Å². The monoisotopic (exact) mass is 323 g/mol. The van der Waals surface area contributed by atoms with E-state index in [-0.39, 0.29) is 12.4 Å². The number of rotatable bonds is 5. The second-order valence-electron chi connectivity index (χ2n) is 5.40. The molecule has 0 amide bonds. The van der Waals surface area contributed by atoms with Gasteiger partial charge in [0.1, 0.15) is 5.75 Å². The third-order valence-corrected chi connectivity index (χ3v) is 3.84. The average Bonchev–Trinajstić information content (AvgIpc) is 2.96. The van der Waals surface area contributed by atoms with Gasteiger partial charge in [0.25, 0.3) is 0 Å². The number of nitrogens with zero attached hydrogens (tertiary/aromatic N) is 1. The molecular formula is C19H17NO4. The fraction of sp³-hybridized carbons (Fsp3) is 0.158. The highest BCUT2D eigenvalue weighted by Crippen LogP contribution is 2.21. The Balaban J connectivity index is 1.74. The van der Waals surface area contributed by atoms with E-state index in [1.54, 1.807) is 30.5 Å². The molecule has 0 fully saturated rings. The van der Waals surface area contributed by atoms with E-state index in [4.69, 9.17) is 9.47 Å². The van der Waals surface area contributed by atoms with Crippen molar-refractivity contribution < 1.29 is 19.1 Å². The summed E-state index contributed by atoms with van der Waals surface area (Å²) in [7, 11) is 3.39. The van der Waals surface area contributed by atoms with Crippen molar-refractivity contribution in [2.24, 2.45) is 7.05 Å². The molecular weight excluding hydrogens is 306 g/mol. The smallest absolute Gasteiger partial charge is 0.340 e. The number of fused-ring (bicyclic) bond motifs is 1. The van der Waals surface area contributed by atoms with Gasteiger partial charge in [0.2, 0.25) is 0 Å². The molecule has 24 heavy (non-hydrogen) atoms. The summed E-state index contributed by atoms with van der Waals surface area (Å²) in [6, 6.07) is 14.3. The topological polar surface area (TPSA) is 57.5 Å². The van der Waals surface area contributed by atoms with Gasteiger partial charge in [-0.25, -0.2) is 4.79 Å². The first-order valence-electron chi connectivity index (χ1n) is 7.48. The Morgan fingerprint density at radius 1 is 1.08 bits per heavy atom. The zero-order valence-corrected chi connectivity index (χ0v) is 13.5. The minimum Gasteiger partial charge on any atom is -0.497 e. The molecule has 3 rings (SSSR count). The summed E-state index contributed by atoms with van der Waals surface area (Å²) in [6.45, 7) is -0.310. The first-order chi connectivity index (χ1) is 11.6. The number of Topliss-reactive ketones (excluding diaryl/α,β-unsaturated/α-hetero) is 1. The number of para-hydroxylation sites is 1. The van der Waals surface area contributed by atoms with Crippen LogP contribution in [0.4, 0.5) is 0 Å². The molecule has 1 aromatic heterocycles. The van der Waals surface area contributed by atoms with E-state index in [0.29, 0.717) is 16.9 Å². The van der Waals surface area contributed by atoms with Gasteiger partial charge in [-0.15, -0.1) is 0 Å². The van der Waals surface area contributed by atoms with Gasteiger partial charge in [0, 0.05) is 29.7 Å². The van der Waals surface area contributed by atoms with Crippen molar-refractivity contribution in [1.82, 2.24) is 4.57 Å². The largest absolute Gasteiger partial charge is 0.497 e. The standard InChI is InChI=1S/C19H17NO4/c1-20-11-16(15-8-3-4-9-17(15)20)19(22)24-12-18(21)13-6-5-7-14(10-13)23-2/h3-11H,12H2,1-2H3. The van der Waals surface area contributed by atoms with E-state index in [0.717, 1.165) is 10.9 Å². The van der Waals surface area contributed by atoms with Crippen LogP contribution in [0.5, 0.6) is 5.75 Å². The Hall–Kier alpha value is -3.08. The van der Waals surface area contributed by atoms with Crippen LogP contribution < -0.4 is 4.74 Å². The van der Waals surface area contributed by atoms with Crippen LogP contribution in [0, 0.1) is 0 Å². The molecule has 0 aliphatic rings. The Morgan fingerprint density at radius 3 is 2.67 bits per heavy atom. The van der Waals surface area contributed by atoms with Gasteiger partial charge in [0.15, 0.2) is 12.4 Å². The molecule has 0 saturated heterocycles. The normalized spacial score (nSPS) is 10.6. The number of ketones is 1. The third-order valence-electron chi connectivity index (χ3n) is 3.84. The van der Waals surface area contributed by atoms with Gasteiger partial charge in [0.05, 0.1) is 12.7 Å². The van der Waals surface area contributed by atoms with Crippen LogP contribution in [0.1, 0.15) is 20.7 Å². The molecule has 0 aliphatic heterocycles. The summed E-state index contributed by atoms with van der Waals surface area (Å²) in [5.41, 5.74) is 1.83. The maximum atomic E-state index is 12.3. The minimum absolute atomic E-state index is 0.275. The molecule has 1 heterocycles. The lowest BCUT2D eigenvalue weighted by Gasteiger charge is -2.05. The van der Waals surface area contributed by atoms with Crippen molar-refractivity contribution in [2.75, 3.05) is 13.7 Å². The van der Waals surface area contributed by atoms with E-state index < -0.39 is 5.97 Å². The lowest BCUT2D eigenvalue weighted by molar-refractivity contribution is 0.0476. The van der Waals surface area contributed by atoms with E-state index in [9.17, 15) is 9.59 Å². The molecule has 0 saturated carbocycles. The highest BCUT2D eigenvalue weighted by atomic mass is 16.5. The van der Waals surface area contributed by atoms with Gasteiger partial charge < -0.3 is 14.0 Å². The molecule has 5 nitrogen and oxygen atoms in total. The van der Waals surface area contributed by atoms with Crippen LogP contribution in [0.2, 0.25) is 0 Å². The minimum atomic E-state index is -0.511. The average molecular weight is 323 g/mol. The number of ether oxygens (including phenoxy) is 2. The molecule has 0 aliphatic carbocycles. The first-order valence-corrected chi connectivity index (χ1v) is 7.48. The predicted octanol–water partition coefficient (Wildman–Crippen LogP) is 3.23. The van der Waals surface area contributed by atoms with Gasteiger partial charge in [-0.05, 0) is 18.2 Å². The van der Waals surface area contributed by atoms with Crippen molar-refractivity contribution in [3.05, 3.63) is 65.9 Å². The van der Waals surface area contributed by atoms with Gasteiger partial charge in [-0.3, -0.25) is 4.79 Å². The quantitative estimate of drug-likeness (QED) is 0.534. The zero-order valence-electron chi connectivity index (χ0n) is 13.5. The van der Waals surface area contributed by atoms with Gasteiger partial charge >= 0.3 is 5.97 Å². The Kier molecular flexibility index (Phi) is 4.33. The van der Waals surface area contributed by atoms with E-state index in [2.05, 4.69) is 0 Å². The summed E-state index contributed by atoms with van der Waals surface area (Å²) < 4.78 is 12.1. The lowest BCUT2D eigenvalue weighted by atomic mass is 10.1. The number of hydrogen-bond acceptors (Lipinski definition) is 4. The SMILES string of the molecule is COc1cccc(C(=O)COC(=O)c2cn(C)c3ccccc23)c1. The van der Waals surface area contributed by atoms with Gasteiger partial charge in [-0.1, -0.05) is 30.3 Å². The van der Waals surface area contributed by atoms with Crippen molar-refractivity contribution in [1.29, 1.82) is 0 Å². The van der Waals surface area contributed by atoms with Crippen LogP contribution in [0.15, 0.2) is 54.7 Å². The molecule has 122 valence electrons. The number of methoxy groups -OCH3 is 1. The Bertz CT molecular complexity index is 911. The highest BCUT2D eigenvalue weighted by Gasteiger charge is 2.17. The summed E-state index contributed by atoms with van der Waals surface area (Å²) in [6.07, 6.45) is 1.71. The summed E-state index contributed by atoms with van der Waals surface area (Å²) in [5, 5.41) is 0.804. The van der Waals surface area contributed by atoms with Crippen molar-refractivity contribution in [3.8, 4) is 5.75 Å². The molecule has 0 atom stereocenters. The van der Waals surface area contributed by atoms with Gasteiger partial charge in [-0.2, -0.15) is 0 Å². The number of aryl methyl sites for hydroxylation is 1. The molecule has 5 heteroatoms. The summed E-state index contributed by atoms with van der Waals surface area (Å²) in [4.78, 5) is 24.5. The molecule has 3 aromatic rings. The van der Waals surface area contributed by atoms with E-state index >= 15 is 0 Å². The molecule has 0 N–H and O–H groups in total. The maximum Gasteiger partial charge on any atom is 0.340 e. The number of carbonyl (C=O) groups excluding carboxylic acids is 2. The molecule has 0 spiro atoms. The predicted molar refractivity (Wildman–Crippen MR) is 90.5 cm³/mol. The van der Waals surface area contributed by atoms with Crippen LogP contribution in [0.25, 0.3) is 10.9 Å². The molecule has 0 radical (unpaired) electrons. The van der Waals surface area contributed by atoms with E-state index in [1.807, 2.05) is 35.9 Å². The second-order valence-corrected chi connectivity index (χ2v) is 5.40. The van der Waals surface area contributed by atoms with Crippen molar-refractivity contribution >= 4 is 22.7 Å². The lowest BCUT2D eigenvalue weighted by Crippen LogP contribution is -2.14. The number of hydrogen-bond donors (Lipinski definition) is 0. The van der Waals surface area contributed by atoms with Crippen LogP contribution in [0.3, 0.4) is 0 Å². The van der Waals surface area contributed by atoms with Crippen LogP contribution >= 0.6 is 0 Å². The molecule has 0 unspecified atom stereocenters. The number of carbonyl (C=O) groups is 2. The molecule has 0 bridgehead atoms. The van der Waals surface area contributed by atoms with Crippen molar-refractivity contribution in [3.63, 3.8) is 0 Å². The fourth-order valence-corrected chi connectivity index (χ4v) is 2.59. The summed E-state index contributed by atoms with van der Waals surface area (Å²) >= 11 is 0. The summed E-state index contributed by atoms with van der Waals surface area (Å²) in [5.74, 6) is -0.202. The van der Waals surface area contributed by atoms with Crippen LogP contribution in [-0.2, 0) is 11.8 Å². The number of esters is 1.